The van der Waals surface area contributed by atoms with Crippen LogP contribution in [0.2, 0.25) is 0 Å². The highest BCUT2D eigenvalue weighted by Crippen LogP contribution is 2.45. The number of nitrogen functional groups attached to an aromatic ring is 1. The Morgan fingerprint density at radius 1 is 1.11 bits per heavy atom. The highest BCUT2D eigenvalue weighted by atomic mass is 16.5. The van der Waals surface area contributed by atoms with Gasteiger partial charge < -0.3 is 15.4 Å². The summed E-state index contributed by atoms with van der Waals surface area (Å²) in [6, 6.07) is 3.29. The van der Waals surface area contributed by atoms with E-state index in [0.717, 1.165) is 12.8 Å². The molecule has 0 aromatic carbocycles. The number of ketones is 1. The lowest BCUT2D eigenvalue weighted by Crippen LogP contribution is -2.46. The Labute approximate surface area is 216 Å². The third-order valence-electron chi connectivity index (χ3n) is 7.50. The van der Waals surface area contributed by atoms with Gasteiger partial charge in [0.15, 0.2) is 11.4 Å². The topological polar surface area (TPSA) is 174 Å². The Morgan fingerprint density at radius 3 is 2.47 bits per heavy atom. The molecule has 3 atom stereocenters. The van der Waals surface area contributed by atoms with Gasteiger partial charge >= 0.3 is 5.97 Å². The molecule has 1 unspecified atom stereocenters. The van der Waals surface area contributed by atoms with Crippen LogP contribution in [0.15, 0.2) is 30.9 Å². The van der Waals surface area contributed by atoms with Crippen LogP contribution in [0.1, 0.15) is 75.7 Å². The number of aromatic amines is 1. The Balaban J connectivity index is 1.39. The van der Waals surface area contributed by atoms with Crippen LogP contribution in [-0.2, 0) is 4.74 Å². The van der Waals surface area contributed by atoms with Gasteiger partial charge in [0.2, 0.25) is 5.82 Å². The molecule has 4 aromatic heterocycles. The second-order valence-electron chi connectivity index (χ2n) is 9.63. The predicted octanol–water partition coefficient (Wildman–Crippen LogP) is 2.03. The van der Waals surface area contributed by atoms with E-state index in [0.29, 0.717) is 40.9 Å². The molecule has 2 saturated heterocycles. The molecule has 4 aromatic rings. The van der Waals surface area contributed by atoms with E-state index in [1.165, 1.54) is 24.9 Å². The van der Waals surface area contributed by atoms with Gasteiger partial charge in [0, 0.05) is 35.3 Å². The number of hydrogen-bond acceptors (Lipinski definition) is 10. The number of fused-ring (bicyclic) bond motifs is 3. The first-order chi connectivity index (χ1) is 18.4. The first-order valence-corrected chi connectivity index (χ1v) is 12.3. The van der Waals surface area contributed by atoms with Gasteiger partial charge in [0.25, 0.3) is 5.91 Å². The molecule has 2 aliphatic rings. The molecule has 38 heavy (non-hydrogen) atoms. The zero-order valence-electron chi connectivity index (χ0n) is 20.8. The largest absolute Gasteiger partial charge is 0.464 e. The summed E-state index contributed by atoms with van der Waals surface area (Å²) in [5.74, 6) is -0.514. The lowest BCUT2D eigenvalue weighted by atomic mass is 9.85. The van der Waals surface area contributed by atoms with E-state index in [9.17, 15) is 14.4 Å². The molecule has 2 fully saturated rings. The van der Waals surface area contributed by atoms with Gasteiger partial charge in [-0.15, -0.1) is 0 Å². The molecular weight excluding hydrogens is 490 g/mol. The van der Waals surface area contributed by atoms with Crippen molar-refractivity contribution < 1.29 is 19.1 Å². The summed E-state index contributed by atoms with van der Waals surface area (Å²) in [7, 11) is 1.30. The lowest BCUT2D eigenvalue weighted by molar-refractivity contribution is 0.0554. The van der Waals surface area contributed by atoms with E-state index < -0.39 is 5.97 Å². The summed E-state index contributed by atoms with van der Waals surface area (Å²) >= 11 is 0. The van der Waals surface area contributed by atoms with Crippen molar-refractivity contribution in [2.75, 3.05) is 12.8 Å². The minimum absolute atomic E-state index is 0.00476. The van der Waals surface area contributed by atoms with E-state index in [-0.39, 0.29) is 47.0 Å². The fourth-order valence-corrected chi connectivity index (χ4v) is 5.83. The third-order valence-corrected chi connectivity index (χ3v) is 7.50. The highest BCUT2D eigenvalue weighted by molar-refractivity contribution is 6.00. The molecule has 2 aliphatic heterocycles. The van der Waals surface area contributed by atoms with Crippen LogP contribution in [0.5, 0.6) is 0 Å². The number of nitrogens with one attached hydrogen (secondary N) is 1. The summed E-state index contributed by atoms with van der Waals surface area (Å²) in [5, 5.41) is 10.9. The number of hydrogen-bond donors (Lipinski definition) is 2. The number of esters is 1. The molecule has 13 nitrogen and oxygen atoms in total. The van der Waals surface area contributed by atoms with Gasteiger partial charge in [0.1, 0.15) is 17.8 Å². The van der Waals surface area contributed by atoms with E-state index in [1.807, 2.05) is 4.90 Å². The van der Waals surface area contributed by atoms with E-state index in [4.69, 9.17) is 15.5 Å². The van der Waals surface area contributed by atoms with E-state index in [1.54, 1.807) is 24.5 Å². The Hall–Kier alpha value is -4.68. The number of nitrogens with zero attached hydrogens (tertiary/aromatic N) is 7. The van der Waals surface area contributed by atoms with E-state index in [2.05, 4.69) is 25.3 Å². The van der Waals surface area contributed by atoms with Gasteiger partial charge in [-0.25, -0.2) is 19.7 Å². The van der Waals surface area contributed by atoms with Crippen molar-refractivity contribution >= 4 is 29.1 Å². The Kier molecular flexibility index (Phi) is 5.62. The third kappa shape index (κ3) is 3.69. The average molecular weight is 516 g/mol. The number of pyridine rings is 1. The summed E-state index contributed by atoms with van der Waals surface area (Å²) in [4.78, 5) is 52.7. The number of amides is 1. The van der Waals surface area contributed by atoms with Gasteiger partial charge in [0.05, 0.1) is 24.6 Å². The Bertz CT molecular complexity index is 1550. The average Bonchev–Trinajstić information content (AvgIpc) is 3.66. The zero-order valence-corrected chi connectivity index (χ0v) is 20.8. The van der Waals surface area contributed by atoms with Crippen molar-refractivity contribution in [3.8, 4) is 11.1 Å². The molecule has 6 heterocycles. The number of piperidine rings is 1. The predicted molar refractivity (Wildman–Crippen MR) is 133 cm³/mol. The molecule has 2 bridgehead atoms. The van der Waals surface area contributed by atoms with Crippen LogP contribution in [0.4, 0.5) is 5.82 Å². The van der Waals surface area contributed by atoms with Crippen LogP contribution in [0.25, 0.3) is 16.8 Å². The zero-order chi connectivity index (χ0) is 26.6. The van der Waals surface area contributed by atoms with Crippen molar-refractivity contribution in [3.05, 3.63) is 53.6 Å². The molecule has 194 valence electrons. The molecule has 0 spiro atoms. The minimum atomic E-state index is -0.532. The molecule has 13 heteroatoms. The van der Waals surface area contributed by atoms with Gasteiger partial charge in [-0.05, 0) is 38.7 Å². The number of Topliss-reactive ketones (excluding diaryl/α,β-unsaturated/α-hetero) is 1. The van der Waals surface area contributed by atoms with Crippen LogP contribution in [0.3, 0.4) is 0 Å². The number of rotatable bonds is 5. The number of aromatic nitrogens is 7. The number of ether oxygens (including phenoxy) is 1. The van der Waals surface area contributed by atoms with Gasteiger partial charge in [-0.1, -0.05) is 6.07 Å². The smallest absolute Gasteiger partial charge is 0.356 e. The normalized spacial score (nSPS) is 20.6. The quantitative estimate of drug-likeness (QED) is 0.295. The molecule has 0 radical (unpaired) electrons. The number of nitrogens with two attached hydrogens (primary N) is 1. The second-order valence-corrected chi connectivity index (χ2v) is 9.63. The molecule has 0 aliphatic carbocycles. The Morgan fingerprint density at radius 2 is 1.87 bits per heavy atom. The summed E-state index contributed by atoms with van der Waals surface area (Å²) in [6.07, 6.45) is 7.52. The molecule has 1 amide bonds. The maximum absolute atomic E-state index is 13.1. The number of methoxy groups -OCH3 is 1. The number of H-pyrrole nitrogens is 1. The summed E-state index contributed by atoms with van der Waals surface area (Å²) in [6.45, 7) is 1.47. The monoisotopic (exact) mass is 515 g/mol. The molecular formula is C25H25N9O4. The summed E-state index contributed by atoms with van der Waals surface area (Å²) < 4.78 is 6.18. The lowest BCUT2D eigenvalue weighted by Gasteiger charge is -2.38. The van der Waals surface area contributed by atoms with Gasteiger partial charge in [-0.2, -0.15) is 14.7 Å². The van der Waals surface area contributed by atoms with Crippen molar-refractivity contribution in [3.63, 3.8) is 0 Å². The number of carbonyl (C=O) groups excluding carboxylic acids is 3. The maximum Gasteiger partial charge on any atom is 0.356 e. The fourth-order valence-electron chi connectivity index (χ4n) is 5.83. The standard InChI is InChI=1S/C25H25N9O4/c1-12(35)19-20(14-7-15-4-5-16(8-14)33(15)24(36)22-28-11-29-32-22)31-23-17(10-30-34(23)21(19)26)13-3-6-18(27-9-13)25(37)38-2/h3,6,9-11,14-16H,4-5,7-8,26H2,1-2H3,(H,28,29,32)/t14?,15-,16+. The van der Waals surface area contributed by atoms with Crippen LogP contribution < -0.4 is 5.73 Å². The number of anilines is 1. The van der Waals surface area contributed by atoms with Crippen molar-refractivity contribution in [1.29, 1.82) is 0 Å². The number of carbonyl (C=O) groups is 3. The molecule has 6 rings (SSSR count). The first kappa shape index (κ1) is 23.7. The highest BCUT2D eigenvalue weighted by Gasteiger charge is 2.45. The molecule has 0 saturated carbocycles. The summed E-state index contributed by atoms with van der Waals surface area (Å²) in [5.41, 5.74) is 9.50. The van der Waals surface area contributed by atoms with Crippen molar-refractivity contribution in [2.45, 2.75) is 50.6 Å². The SMILES string of the molecule is COC(=O)c1ccc(-c2cnn3c(N)c(C(C)=O)c(C4C[C@H]5CC[C@@H](C4)N5C(=O)c4ncn[nH]4)nc23)cn1. The van der Waals surface area contributed by atoms with Crippen LogP contribution in [0, 0.1) is 0 Å². The van der Waals surface area contributed by atoms with Crippen LogP contribution in [-0.4, -0.2) is 76.5 Å². The fraction of sp³-hybridized carbons (Fsp3) is 0.360. The van der Waals surface area contributed by atoms with Crippen molar-refractivity contribution in [1.82, 2.24) is 39.7 Å². The first-order valence-electron chi connectivity index (χ1n) is 12.3. The van der Waals surface area contributed by atoms with Crippen LogP contribution >= 0.6 is 0 Å². The molecule has 3 N–H and O–H groups in total. The van der Waals surface area contributed by atoms with E-state index >= 15 is 0 Å². The minimum Gasteiger partial charge on any atom is -0.464 e. The maximum atomic E-state index is 13.1. The second kappa shape index (κ2) is 9.01. The van der Waals surface area contributed by atoms with Crippen molar-refractivity contribution in [2.24, 2.45) is 0 Å². The van der Waals surface area contributed by atoms with Gasteiger partial charge in [-0.3, -0.25) is 14.7 Å².